The van der Waals surface area contributed by atoms with Gasteiger partial charge in [0.05, 0.1) is 0 Å². The zero-order valence-electron chi connectivity index (χ0n) is 13.0. The number of carbonyl (C=O) groups is 2. The number of benzene rings is 2. The van der Waals surface area contributed by atoms with E-state index in [1.807, 2.05) is 32.0 Å². The van der Waals surface area contributed by atoms with Crippen molar-refractivity contribution in [2.24, 2.45) is 0 Å². The van der Waals surface area contributed by atoms with Gasteiger partial charge in [0.25, 0.3) is 5.91 Å². The summed E-state index contributed by atoms with van der Waals surface area (Å²) in [7, 11) is 0. The molecule has 0 aliphatic heterocycles. The predicted molar refractivity (Wildman–Crippen MR) is 86.5 cm³/mol. The number of ether oxygens (including phenoxy) is 1. The lowest BCUT2D eigenvalue weighted by molar-refractivity contribution is -0.118. The van der Waals surface area contributed by atoms with Gasteiger partial charge in [-0.05, 0) is 62.2 Å². The minimum absolute atomic E-state index is 0.000726. The number of Topliss-reactive ketones (excluding diaryl/α,β-unsaturated/α-hetero) is 1. The summed E-state index contributed by atoms with van der Waals surface area (Å²) in [5.74, 6) is 0.338. The van der Waals surface area contributed by atoms with Crippen LogP contribution in [0.25, 0.3) is 0 Å². The number of carbonyl (C=O) groups excluding carboxylic acids is 2. The van der Waals surface area contributed by atoms with Gasteiger partial charge >= 0.3 is 0 Å². The van der Waals surface area contributed by atoms with Gasteiger partial charge in [0.15, 0.2) is 12.4 Å². The van der Waals surface area contributed by atoms with Gasteiger partial charge in [-0.25, -0.2) is 0 Å². The van der Waals surface area contributed by atoms with Crippen LogP contribution in [-0.2, 0) is 4.79 Å². The highest BCUT2D eigenvalue weighted by Gasteiger charge is 2.07. The number of amides is 1. The fourth-order valence-electron chi connectivity index (χ4n) is 2.01. The zero-order valence-corrected chi connectivity index (χ0v) is 13.0. The Labute approximate surface area is 130 Å². The molecule has 0 saturated heterocycles. The molecule has 0 saturated carbocycles. The van der Waals surface area contributed by atoms with Crippen LogP contribution in [0.15, 0.2) is 42.5 Å². The van der Waals surface area contributed by atoms with Crippen LogP contribution in [0, 0.1) is 13.8 Å². The first-order valence-electron chi connectivity index (χ1n) is 7.07. The highest BCUT2D eigenvalue weighted by atomic mass is 16.5. The lowest BCUT2D eigenvalue weighted by atomic mass is 10.1. The molecule has 0 radical (unpaired) electrons. The van der Waals surface area contributed by atoms with Crippen molar-refractivity contribution in [2.75, 3.05) is 11.9 Å². The molecule has 114 valence electrons. The highest BCUT2D eigenvalue weighted by molar-refractivity contribution is 5.94. The van der Waals surface area contributed by atoms with Crippen molar-refractivity contribution in [1.82, 2.24) is 0 Å². The molecule has 0 heterocycles. The second-order valence-corrected chi connectivity index (χ2v) is 5.16. The zero-order chi connectivity index (χ0) is 16.1. The van der Waals surface area contributed by atoms with Crippen molar-refractivity contribution in [1.29, 1.82) is 0 Å². The Kier molecular flexibility index (Phi) is 4.94. The van der Waals surface area contributed by atoms with Gasteiger partial charge in [0.1, 0.15) is 5.75 Å². The number of hydrogen-bond acceptors (Lipinski definition) is 3. The number of ketones is 1. The molecular weight excluding hydrogens is 278 g/mol. The molecule has 0 aliphatic rings. The second-order valence-electron chi connectivity index (χ2n) is 5.16. The summed E-state index contributed by atoms with van der Waals surface area (Å²) in [6.07, 6.45) is 0. The number of aryl methyl sites for hydroxylation is 1. The van der Waals surface area contributed by atoms with Crippen molar-refractivity contribution in [3.8, 4) is 5.75 Å². The number of anilines is 1. The Hall–Kier alpha value is -2.62. The first-order valence-corrected chi connectivity index (χ1v) is 7.07. The average Bonchev–Trinajstić information content (AvgIpc) is 2.50. The van der Waals surface area contributed by atoms with Gasteiger partial charge in [-0.3, -0.25) is 9.59 Å². The van der Waals surface area contributed by atoms with Gasteiger partial charge in [-0.1, -0.05) is 12.1 Å². The van der Waals surface area contributed by atoms with E-state index in [4.69, 9.17) is 4.74 Å². The standard InChI is InChI=1S/C18H19NO3/c1-12-5-4-6-17(13(12)2)19-18(21)11-22-16-9-7-15(8-10-16)14(3)20/h4-10H,11H2,1-3H3,(H,19,21). The minimum atomic E-state index is -0.218. The third kappa shape index (κ3) is 3.95. The molecule has 1 N–H and O–H groups in total. The quantitative estimate of drug-likeness (QED) is 0.859. The molecule has 2 aromatic rings. The maximum atomic E-state index is 11.9. The van der Waals surface area contributed by atoms with E-state index in [1.165, 1.54) is 6.92 Å². The lowest BCUT2D eigenvalue weighted by Crippen LogP contribution is -2.20. The first kappa shape index (κ1) is 15.8. The molecule has 2 rings (SSSR count). The van der Waals surface area contributed by atoms with E-state index in [1.54, 1.807) is 24.3 Å². The van der Waals surface area contributed by atoms with Gasteiger partial charge < -0.3 is 10.1 Å². The van der Waals surface area contributed by atoms with Crippen molar-refractivity contribution in [3.05, 3.63) is 59.2 Å². The Morgan fingerprint density at radius 3 is 2.36 bits per heavy atom. The largest absolute Gasteiger partial charge is 0.484 e. The van der Waals surface area contributed by atoms with Crippen LogP contribution < -0.4 is 10.1 Å². The molecule has 0 aliphatic carbocycles. The Balaban J connectivity index is 1.92. The average molecular weight is 297 g/mol. The Morgan fingerprint density at radius 2 is 1.73 bits per heavy atom. The van der Waals surface area contributed by atoms with Crippen LogP contribution in [0.3, 0.4) is 0 Å². The molecule has 0 spiro atoms. The van der Waals surface area contributed by atoms with Gasteiger partial charge in [0.2, 0.25) is 0 Å². The summed E-state index contributed by atoms with van der Waals surface area (Å²) < 4.78 is 5.42. The molecule has 0 unspecified atom stereocenters. The molecule has 2 aromatic carbocycles. The molecule has 0 bridgehead atoms. The molecule has 0 aromatic heterocycles. The van der Waals surface area contributed by atoms with Crippen LogP contribution in [0.2, 0.25) is 0 Å². The maximum Gasteiger partial charge on any atom is 0.262 e. The smallest absolute Gasteiger partial charge is 0.262 e. The summed E-state index contributed by atoms with van der Waals surface area (Å²) in [6.45, 7) is 5.39. The monoisotopic (exact) mass is 297 g/mol. The van der Waals surface area contributed by atoms with E-state index in [0.717, 1.165) is 16.8 Å². The summed E-state index contributed by atoms with van der Waals surface area (Å²) in [6, 6.07) is 12.5. The summed E-state index contributed by atoms with van der Waals surface area (Å²) in [5, 5.41) is 2.83. The van der Waals surface area contributed by atoms with Crippen LogP contribution >= 0.6 is 0 Å². The van der Waals surface area contributed by atoms with E-state index in [9.17, 15) is 9.59 Å². The molecule has 0 atom stereocenters. The highest BCUT2D eigenvalue weighted by Crippen LogP contribution is 2.18. The summed E-state index contributed by atoms with van der Waals surface area (Å²) in [5.41, 5.74) is 3.58. The predicted octanol–water partition coefficient (Wildman–Crippen LogP) is 3.52. The fraction of sp³-hybridized carbons (Fsp3) is 0.222. The second kappa shape index (κ2) is 6.89. The SMILES string of the molecule is CC(=O)c1ccc(OCC(=O)Nc2cccc(C)c2C)cc1. The van der Waals surface area contributed by atoms with Crippen molar-refractivity contribution < 1.29 is 14.3 Å². The van der Waals surface area contributed by atoms with Crippen molar-refractivity contribution in [3.63, 3.8) is 0 Å². The fourth-order valence-corrected chi connectivity index (χ4v) is 2.01. The Morgan fingerprint density at radius 1 is 1.05 bits per heavy atom. The van der Waals surface area contributed by atoms with E-state index >= 15 is 0 Å². The molecule has 1 amide bonds. The van der Waals surface area contributed by atoms with Gasteiger partial charge in [0, 0.05) is 11.3 Å². The lowest BCUT2D eigenvalue weighted by Gasteiger charge is -2.11. The van der Waals surface area contributed by atoms with Crippen molar-refractivity contribution >= 4 is 17.4 Å². The summed E-state index contributed by atoms with van der Waals surface area (Å²) in [4.78, 5) is 23.1. The molecule has 4 heteroatoms. The van der Waals surface area contributed by atoms with Crippen LogP contribution in [0.4, 0.5) is 5.69 Å². The normalized spacial score (nSPS) is 10.1. The van der Waals surface area contributed by atoms with E-state index < -0.39 is 0 Å². The number of hydrogen-bond donors (Lipinski definition) is 1. The van der Waals surface area contributed by atoms with E-state index in [-0.39, 0.29) is 18.3 Å². The van der Waals surface area contributed by atoms with E-state index in [0.29, 0.717) is 11.3 Å². The number of nitrogens with one attached hydrogen (secondary N) is 1. The van der Waals surface area contributed by atoms with Crippen LogP contribution in [0.1, 0.15) is 28.4 Å². The first-order chi connectivity index (χ1) is 10.5. The maximum absolute atomic E-state index is 11.9. The van der Waals surface area contributed by atoms with Crippen LogP contribution in [0.5, 0.6) is 5.75 Å². The van der Waals surface area contributed by atoms with Crippen molar-refractivity contribution in [2.45, 2.75) is 20.8 Å². The third-order valence-corrected chi connectivity index (χ3v) is 3.51. The summed E-state index contributed by atoms with van der Waals surface area (Å²) >= 11 is 0. The molecule has 22 heavy (non-hydrogen) atoms. The third-order valence-electron chi connectivity index (χ3n) is 3.51. The van der Waals surface area contributed by atoms with Crippen LogP contribution in [-0.4, -0.2) is 18.3 Å². The minimum Gasteiger partial charge on any atom is -0.484 e. The number of rotatable bonds is 5. The molecule has 4 nitrogen and oxygen atoms in total. The van der Waals surface area contributed by atoms with Gasteiger partial charge in [-0.2, -0.15) is 0 Å². The van der Waals surface area contributed by atoms with Gasteiger partial charge in [-0.15, -0.1) is 0 Å². The molecular formula is C18H19NO3. The Bertz CT molecular complexity index is 690. The topological polar surface area (TPSA) is 55.4 Å². The molecule has 0 fully saturated rings. The van der Waals surface area contributed by atoms with E-state index in [2.05, 4.69) is 5.32 Å².